The van der Waals surface area contributed by atoms with E-state index in [4.69, 9.17) is 4.74 Å². The van der Waals surface area contributed by atoms with Crippen molar-refractivity contribution in [2.45, 2.75) is 19.6 Å². The maximum Gasteiger partial charge on any atom is 0.0809 e. The normalized spacial score (nSPS) is 10.8. The Morgan fingerprint density at radius 2 is 1.95 bits per heavy atom. The molecule has 2 nitrogen and oxygen atoms in total. The van der Waals surface area contributed by atoms with Crippen LogP contribution in [-0.4, -0.2) is 13.2 Å². The third kappa shape index (κ3) is 5.87. The lowest BCUT2D eigenvalue weighted by molar-refractivity contribution is 0.120. The Morgan fingerprint density at radius 3 is 2.68 bits per heavy atom. The van der Waals surface area contributed by atoms with E-state index in [1.165, 1.54) is 10.4 Å². The summed E-state index contributed by atoms with van der Waals surface area (Å²) in [7, 11) is 0. The average molecular weight is 340 g/mol. The van der Waals surface area contributed by atoms with Crippen molar-refractivity contribution in [2.75, 3.05) is 13.2 Å². The molecule has 19 heavy (non-hydrogen) atoms. The van der Waals surface area contributed by atoms with E-state index < -0.39 is 0 Å². The van der Waals surface area contributed by atoms with Gasteiger partial charge in [0.15, 0.2) is 0 Å². The van der Waals surface area contributed by atoms with Gasteiger partial charge in [-0.1, -0.05) is 30.3 Å². The van der Waals surface area contributed by atoms with Crippen LogP contribution in [0.25, 0.3) is 0 Å². The summed E-state index contributed by atoms with van der Waals surface area (Å²) in [4.78, 5) is 1.27. The highest BCUT2D eigenvalue weighted by Gasteiger charge is 1.97. The van der Waals surface area contributed by atoms with E-state index in [9.17, 15) is 0 Å². The molecule has 0 spiro atoms. The van der Waals surface area contributed by atoms with Crippen molar-refractivity contribution in [3.05, 3.63) is 56.7 Å². The molecule has 0 aliphatic rings. The monoisotopic (exact) mass is 339 g/mol. The molecule has 0 amide bonds. The number of rotatable bonds is 8. The molecule has 2 aromatic rings. The van der Waals surface area contributed by atoms with Crippen LogP contribution in [0, 0.1) is 0 Å². The zero-order chi connectivity index (χ0) is 13.3. The van der Waals surface area contributed by atoms with Crippen molar-refractivity contribution in [3.63, 3.8) is 0 Å². The van der Waals surface area contributed by atoms with E-state index in [1.807, 2.05) is 6.07 Å². The van der Waals surface area contributed by atoms with E-state index in [0.29, 0.717) is 0 Å². The molecule has 2 rings (SSSR count). The topological polar surface area (TPSA) is 21.3 Å². The first kappa shape index (κ1) is 14.7. The van der Waals surface area contributed by atoms with Gasteiger partial charge in [0.1, 0.15) is 0 Å². The van der Waals surface area contributed by atoms with Crippen LogP contribution in [-0.2, 0) is 17.9 Å². The third-order valence-corrected chi connectivity index (χ3v) is 4.28. The maximum atomic E-state index is 5.63. The fourth-order valence-corrected chi connectivity index (χ4v) is 3.15. The van der Waals surface area contributed by atoms with Gasteiger partial charge in [-0.05, 0) is 46.6 Å². The number of hydrogen-bond donors (Lipinski definition) is 1. The van der Waals surface area contributed by atoms with Crippen LogP contribution in [0.3, 0.4) is 0 Å². The molecule has 102 valence electrons. The lowest BCUT2D eigenvalue weighted by Crippen LogP contribution is -2.16. The zero-order valence-electron chi connectivity index (χ0n) is 10.8. The van der Waals surface area contributed by atoms with Gasteiger partial charge in [-0.25, -0.2) is 0 Å². The lowest BCUT2D eigenvalue weighted by Gasteiger charge is -2.05. The van der Waals surface area contributed by atoms with Crippen LogP contribution >= 0.6 is 27.3 Å². The minimum absolute atomic E-state index is 0.717. The van der Waals surface area contributed by atoms with E-state index >= 15 is 0 Å². The van der Waals surface area contributed by atoms with Gasteiger partial charge in [-0.2, -0.15) is 0 Å². The molecule has 0 aliphatic carbocycles. The van der Waals surface area contributed by atoms with Crippen LogP contribution in [0.5, 0.6) is 0 Å². The Labute approximate surface area is 126 Å². The maximum absolute atomic E-state index is 5.63. The molecule has 0 saturated carbocycles. The summed E-state index contributed by atoms with van der Waals surface area (Å²) in [6, 6.07) is 14.6. The highest BCUT2D eigenvalue weighted by atomic mass is 79.9. The SMILES string of the molecule is Brc1ccc(COCCCNCc2ccccc2)s1. The van der Waals surface area contributed by atoms with E-state index in [0.717, 1.165) is 36.5 Å². The van der Waals surface area contributed by atoms with Gasteiger partial charge in [0, 0.05) is 18.0 Å². The minimum atomic E-state index is 0.717. The number of halogens is 1. The van der Waals surface area contributed by atoms with Crippen molar-refractivity contribution in [1.82, 2.24) is 5.32 Å². The second-order valence-corrected chi connectivity index (χ2v) is 6.82. The fourth-order valence-electron chi connectivity index (χ4n) is 1.73. The highest BCUT2D eigenvalue weighted by molar-refractivity contribution is 9.11. The first-order valence-corrected chi connectivity index (χ1v) is 8.02. The largest absolute Gasteiger partial charge is 0.376 e. The Bertz CT molecular complexity index is 472. The average Bonchev–Trinajstić information content (AvgIpc) is 2.85. The van der Waals surface area contributed by atoms with Crippen LogP contribution in [0.1, 0.15) is 16.9 Å². The molecule has 0 aliphatic heterocycles. The molecule has 0 atom stereocenters. The molecule has 1 heterocycles. The summed E-state index contributed by atoms with van der Waals surface area (Å²) in [6.07, 6.45) is 1.04. The molecule has 0 bridgehead atoms. The van der Waals surface area contributed by atoms with Gasteiger partial charge < -0.3 is 10.1 Å². The minimum Gasteiger partial charge on any atom is -0.376 e. The quantitative estimate of drug-likeness (QED) is 0.727. The Kier molecular flexibility index (Phi) is 6.57. The van der Waals surface area contributed by atoms with E-state index in [2.05, 4.69) is 57.6 Å². The molecule has 0 fully saturated rings. The molecule has 0 saturated heterocycles. The molecular formula is C15H18BrNOS. The van der Waals surface area contributed by atoms with E-state index in [1.54, 1.807) is 11.3 Å². The van der Waals surface area contributed by atoms with Crippen molar-refractivity contribution < 1.29 is 4.74 Å². The predicted octanol–water partition coefficient (Wildman–Crippen LogP) is 4.21. The van der Waals surface area contributed by atoms with Crippen LogP contribution in [0.15, 0.2) is 46.3 Å². The van der Waals surface area contributed by atoms with Crippen molar-refractivity contribution in [3.8, 4) is 0 Å². The first-order chi connectivity index (χ1) is 9.34. The van der Waals surface area contributed by atoms with Crippen LogP contribution < -0.4 is 5.32 Å². The molecule has 0 unspecified atom stereocenters. The van der Waals surface area contributed by atoms with E-state index in [-0.39, 0.29) is 0 Å². The Morgan fingerprint density at radius 1 is 1.11 bits per heavy atom. The summed E-state index contributed by atoms with van der Waals surface area (Å²) < 4.78 is 6.80. The second kappa shape index (κ2) is 8.48. The van der Waals surface area contributed by atoms with Gasteiger partial charge in [0.05, 0.1) is 10.4 Å². The molecule has 1 aromatic carbocycles. The summed E-state index contributed by atoms with van der Waals surface area (Å²) in [6.45, 7) is 3.44. The predicted molar refractivity (Wildman–Crippen MR) is 84.4 cm³/mol. The summed E-state index contributed by atoms with van der Waals surface area (Å²) >= 11 is 5.18. The first-order valence-electron chi connectivity index (χ1n) is 6.41. The molecule has 1 aromatic heterocycles. The molecular weight excluding hydrogens is 322 g/mol. The molecule has 0 radical (unpaired) electrons. The van der Waals surface area contributed by atoms with Crippen molar-refractivity contribution in [2.24, 2.45) is 0 Å². The number of hydrogen-bond acceptors (Lipinski definition) is 3. The number of benzene rings is 1. The lowest BCUT2D eigenvalue weighted by atomic mass is 10.2. The molecule has 4 heteroatoms. The zero-order valence-corrected chi connectivity index (χ0v) is 13.2. The third-order valence-electron chi connectivity index (χ3n) is 2.69. The number of ether oxygens (including phenoxy) is 1. The van der Waals surface area contributed by atoms with Gasteiger partial charge >= 0.3 is 0 Å². The smallest absolute Gasteiger partial charge is 0.0809 e. The van der Waals surface area contributed by atoms with Gasteiger partial charge in [0.25, 0.3) is 0 Å². The summed E-state index contributed by atoms with van der Waals surface area (Å²) in [5.74, 6) is 0. The highest BCUT2D eigenvalue weighted by Crippen LogP contribution is 2.22. The van der Waals surface area contributed by atoms with Crippen LogP contribution in [0.4, 0.5) is 0 Å². The van der Waals surface area contributed by atoms with Crippen molar-refractivity contribution >= 4 is 27.3 Å². The van der Waals surface area contributed by atoms with Crippen LogP contribution in [0.2, 0.25) is 0 Å². The Hall–Kier alpha value is -0.680. The van der Waals surface area contributed by atoms with Gasteiger partial charge in [0.2, 0.25) is 0 Å². The molecule has 1 N–H and O–H groups in total. The number of thiophene rings is 1. The number of nitrogens with one attached hydrogen (secondary N) is 1. The van der Waals surface area contributed by atoms with Gasteiger partial charge in [-0.15, -0.1) is 11.3 Å². The van der Waals surface area contributed by atoms with Gasteiger partial charge in [-0.3, -0.25) is 0 Å². The summed E-state index contributed by atoms with van der Waals surface area (Å²) in [5.41, 5.74) is 1.33. The summed E-state index contributed by atoms with van der Waals surface area (Å²) in [5, 5.41) is 3.42. The Balaban J connectivity index is 1.48. The standard InChI is InChI=1S/C15H18BrNOS/c16-15-8-7-14(19-15)12-18-10-4-9-17-11-13-5-2-1-3-6-13/h1-3,5-8,17H,4,9-12H2. The van der Waals surface area contributed by atoms with Crippen molar-refractivity contribution in [1.29, 1.82) is 0 Å². The fraction of sp³-hybridized carbons (Fsp3) is 0.333. The second-order valence-electron chi connectivity index (χ2n) is 4.27.